The van der Waals surface area contributed by atoms with Crippen LogP contribution in [0, 0.1) is 0 Å². The van der Waals surface area contributed by atoms with Crippen molar-refractivity contribution >= 4 is 38.8 Å². The van der Waals surface area contributed by atoms with Crippen molar-refractivity contribution in [2.75, 3.05) is 18.4 Å². The second-order valence-electron chi connectivity index (χ2n) is 5.38. The SMILES string of the molecule is NC(=S)c1c(Br)cccc1NC1CCN(C2CC2)C1. The zero-order chi connectivity index (χ0) is 13.4. The van der Waals surface area contributed by atoms with Gasteiger partial charge in [-0.25, -0.2) is 0 Å². The second-order valence-corrected chi connectivity index (χ2v) is 6.68. The normalized spacial score (nSPS) is 23.5. The molecule has 1 atom stereocenters. The van der Waals surface area contributed by atoms with Crippen molar-refractivity contribution in [3.8, 4) is 0 Å². The fraction of sp³-hybridized carbons (Fsp3) is 0.500. The summed E-state index contributed by atoms with van der Waals surface area (Å²) >= 11 is 8.67. The number of rotatable bonds is 4. The molecule has 1 aromatic rings. The van der Waals surface area contributed by atoms with Gasteiger partial charge in [0.1, 0.15) is 4.99 Å². The smallest absolute Gasteiger partial charge is 0.107 e. The molecule has 2 fully saturated rings. The van der Waals surface area contributed by atoms with Gasteiger partial charge in [-0.1, -0.05) is 18.3 Å². The van der Waals surface area contributed by atoms with E-state index in [4.69, 9.17) is 18.0 Å². The number of nitrogens with zero attached hydrogens (tertiary/aromatic N) is 1. The highest BCUT2D eigenvalue weighted by Gasteiger charge is 2.34. The number of nitrogens with two attached hydrogens (primary N) is 1. The molecule has 1 aliphatic carbocycles. The quantitative estimate of drug-likeness (QED) is 0.827. The minimum absolute atomic E-state index is 0.437. The lowest BCUT2D eigenvalue weighted by Crippen LogP contribution is -2.28. The third-order valence-corrected chi connectivity index (χ3v) is 4.77. The number of nitrogens with one attached hydrogen (secondary N) is 1. The lowest BCUT2D eigenvalue weighted by Gasteiger charge is -2.19. The molecular weight excluding hydrogens is 322 g/mol. The van der Waals surface area contributed by atoms with Crippen LogP contribution in [0.25, 0.3) is 0 Å². The highest BCUT2D eigenvalue weighted by Crippen LogP contribution is 2.31. The number of likely N-dealkylation sites (tertiary alicyclic amines) is 1. The molecule has 0 amide bonds. The summed E-state index contributed by atoms with van der Waals surface area (Å²) < 4.78 is 0.960. The standard InChI is InChI=1S/C14H18BrN3S/c15-11-2-1-3-12(13(11)14(16)19)17-9-6-7-18(8-9)10-4-5-10/h1-3,9-10,17H,4-8H2,(H2,16,19). The predicted octanol–water partition coefficient (Wildman–Crippen LogP) is 2.73. The topological polar surface area (TPSA) is 41.3 Å². The first kappa shape index (κ1) is 13.3. The Hall–Kier alpha value is -0.650. The Morgan fingerprint density at radius 3 is 2.84 bits per heavy atom. The molecule has 3 nitrogen and oxygen atoms in total. The van der Waals surface area contributed by atoms with E-state index in [1.165, 1.54) is 25.8 Å². The number of hydrogen-bond donors (Lipinski definition) is 2. The molecule has 0 bridgehead atoms. The second kappa shape index (κ2) is 5.38. The van der Waals surface area contributed by atoms with Crippen LogP contribution in [-0.4, -0.2) is 35.1 Å². The molecule has 1 saturated heterocycles. The summed E-state index contributed by atoms with van der Waals surface area (Å²) in [5, 5.41) is 3.61. The zero-order valence-electron chi connectivity index (χ0n) is 10.7. The van der Waals surface area contributed by atoms with Crippen LogP contribution in [-0.2, 0) is 0 Å². The summed E-state index contributed by atoms with van der Waals surface area (Å²) in [6, 6.07) is 7.40. The van der Waals surface area contributed by atoms with Crippen LogP contribution in [0.5, 0.6) is 0 Å². The van der Waals surface area contributed by atoms with E-state index in [9.17, 15) is 0 Å². The molecular formula is C14H18BrN3S. The van der Waals surface area contributed by atoms with Gasteiger partial charge in [-0.3, -0.25) is 4.90 Å². The first-order valence-corrected chi connectivity index (χ1v) is 7.94. The van der Waals surface area contributed by atoms with Crippen molar-refractivity contribution < 1.29 is 0 Å². The minimum atomic E-state index is 0.437. The monoisotopic (exact) mass is 339 g/mol. The Balaban J connectivity index is 1.73. The average molecular weight is 340 g/mol. The third-order valence-electron chi connectivity index (χ3n) is 3.90. The summed E-state index contributed by atoms with van der Waals surface area (Å²) in [6.07, 6.45) is 3.95. The van der Waals surface area contributed by atoms with E-state index in [0.29, 0.717) is 11.0 Å². The summed E-state index contributed by atoms with van der Waals surface area (Å²) in [6.45, 7) is 2.34. The molecule has 0 radical (unpaired) electrons. The maximum atomic E-state index is 5.83. The molecule has 0 aromatic heterocycles. The van der Waals surface area contributed by atoms with Crippen molar-refractivity contribution in [1.82, 2.24) is 4.90 Å². The fourth-order valence-corrected chi connectivity index (χ4v) is 3.72. The van der Waals surface area contributed by atoms with Gasteiger partial charge in [0.25, 0.3) is 0 Å². The van der Waals surface area contributed by atoms with E-state index in [2.05, 4.69) is 32.2 Å². The van der Waals surface area contributed by atoms with Crippen molar-refractivity contribution in [3.05, 3.63) is 28.2 Å². The first-order chi connectivity index (χ1) is 9.15. The molecule has 3 rings (SSSR count). The largest absolute Gasteiger partial charge is 0.389 e. The minimum Gasteiger partial charge on any atom is -0.389 e. The van der Waals surface area contributed by atoms with Gasteiger partial charge in [0.2, 0.25) is 0 Å². The Morgan fingerprint density at radius 1 is 1.37 bits per heavy atom. The summed E-state index contributed by atoms with van der Waals surface area (Å²) in [7, 11) is 0. The zero-order valence-corrected chi connectivity index (χ0v) is 13.1. The van der Waals surface area contributed by atoms with Gasteiger partial charge in [-0.05, 0) is 47.3 Å². The van der Waals surface area contributed by atoms with Gasteiger partial charge in [-0.15, -0.1) is 0 Å². The van der Waals surface area contributed by atoms with Crippen LogP contribution in [0.3, 0.4) is 0 Å². The van der Waals surface area contributed by atoms with Crippen LogP contribution in [0.1, 0.15) is 24.8 Å². The van der Waals surface area contributed by atoms with Crippen LogP contribution < -0.4 is 11.1 Å². The van der Waals surface area contributed by atoms with E-state index < -0.39 is 0 Å². The Labute approximate surface area is 127 Å². The number of thiocarbonyl (C=S) groups is 1. The number of benzene rings is 1. The molecule has 19 heavy (non-hydrogen) atoms. The maximum Gasteiger partial charge on any atom is 0.107 e. The van der Waals surface area contributed by atoms with Gasteiger partial charge < -0.3 is 11.1 Å². The van der Waals surface area contributed by atoms with Crippen LogP contribution in [0.2, 0.25) is 0 Å². The van der Waals surface area contributed by atoms with Crippen LogP contribution in [0.15, 0.2) is 22.7 Å². The third kappa shape index (κ3) is 2.93. The van der Waals surface area contributed by atoms with Gasteiger partial charge in [0.15, 0.2) is 0 Å². The lowest BCUT2D eigenvalue weighted by atomic mass is 10.1. The Kier molecular flexibility index (Phi) is 3.78. The fourth-order valence-electron chi connectivity index (χ4n) is 2.79. The molecule has 1 aliphatic heterocycles. The molecule has 3 N–H and O–H groups in total. The average Bonchev–Trinajstić information content (AvgIpc) is 3.10. The van der Waals surface area contributed by atoms with Crippen LogP contribution >= 0.6 is 28.1 Å². The van der Waals surface area contributed by atoms with E-state index in [1.54, 1.807) is 0 Å². The molecule has 1 aromatic carbocycles. The molecule has 1 saturated carbocycles. The van der Waals surface area contributed by atoms with E-state index >= 15 is 0 Å². The van der Waals surface area contributed by atoms with Gasteiger partial charge in [0.05, 0.1) is 0 Å². The summed E-state index contributed by atoms with van der Waals surface area (Å²) in [4.78, 5) is 3.03. The molecule has 0 spiro atoms. The molecule has 2 aliphatic rings. The van der Waals surface area contributed by atoms with Gasteiger partial charge in [-0.2, -0.15) is 0 Å². The highest BCUT2D eigenvalue weighted by molar-refractivity contribution is 9.10. The molecule has 1 unspecified atom stereocenters. The molecule has 5 heteroatoms. The lowest BCUT2D eigenvalue weighted by molar-refractivity contribution is 0.326. The highest BCUT2D eigenvalue weighted by atomic mass is 79.9. The van der Waals surface area contributed by atoms with E-state index in [1.807, 2.05) is 12.1 Å². The predicted molar refractivity (Wildman–Crippen MR) is 86.7 cm³/mol. The van der Waals surface area contributed by atoms with Gasteiger partial charge >= 0.3 is 0 Å². The van der Waals surface area contributed by atoms with Crippen molar-refractivity contribution in [3.63, 3.8) is 0 Å². The Morgan fingerprint density at radius 2 is 2.16 bits per heavy atom. The summed E-state index contributed by atoms with van der Waals surface area (Å²) in [5.74, 6) is 0. The number of halogens is 1. The molecule has 102 valence electrons. The van der Waals surface area contributed by atoms with Crippen LogP contribution in [0.4, 0.5) is 5.69 Å². The number of hydrogen-bond acceptors (Lipinski definition) is 3. The number of anilines is 1. The van der Waals surface area contributed by atoms with Crippen molar-refractivity contribution in [2.45, 2.75) is 31.3 Å². The van der Waals surface area contributed by atoms with E-state index in [-0.39, 0.29) is 0 Å². The van der Waals surface area contributed by atoms with Gasteiger partial charge in [0, 0.05) is 40.9 Å². The van der Waals surface area contributed by atoms with Crippen molar-refractivity contribution in [1.29, 1.82) is 0 Å². The summed E-state index contributed by atoms with van der Waals surface area (Å²) in [5.41, 5.74) is 7.79. The Bertz CT molecular complexity index is 501. The molecule has 1 heterocycles. The van der Waals surface area contributed by atoms with E-state index in [0.717, 1.165) is 28.3 Å². The van der Waals surface area contributed by atoms with Crippen molar-refractivity contribution in [2.24, 2.45) is 5.73 Å². The maximum absolute atomic E-state index is 5.83. The first-order valence-electron chi connectivity index (χ1n) is 6.74.